The van der Waals surface area contributed by atoms with Gasteiger partial charge in [-0.25, -0.2) is 4.79 Å². The number of ether oxygens (including phenoxy) is 2. The van der Waals surface area contributed by atoms with Gasteiger partial charge in [-0.2, -0.15) is 0 Å². The molecule has 2 aliphatic rings. The Hall–Kier alpha value is -2.57. The van der Waals surface area contributed by atoms with Crippen LogP contribution in [0, 0.1) is 12.8 Å². The monoisotopic (exact) mass is 374 g/mol. The molecule has 0 bridgehead atoms. The van der Waals surface area contributed by atoms with E-state index in [2.05, 4.69) is 0 Å². The predicted molar refractivity (Wildman–Crippen MR) is 97.9 cm³/mol. The van der Waals surface area contributed by atoms with Crippen LogP contribution >= 0.6 is 0 Å². The van der Waals surface area contributed by atoms with Gasteiger partial charge in [0.1, 0.15) is 5.92 Å². The Morgan fingerprint density at radius 2 is 1.89 bits per heavy atom. The van der Waals surface area contributed by atoms with Crippen molar-refractivity contribution in [2.24, 2.45) is 5.92 Å². The van der Waals surface area contributed by atoms with Gasteiger partial charge in [-0.05, 0) is 38.3 Å². The number of hydrogen-bond acceptors (Lipinski definition) is 5. The van der Waals surface area contributed by atoms with Crippen molar-refractivity contribution in [1.29, 1.82) is 0 Å². The van der Waals surface area contributed by atoms with Crippen molar-refractivity contribution in [2.45, 2.75) is 45.4 Å². The second-order valence-corrected chi connectivity index (χ2v) is 7.34. The number of hydrogen-bond donors (Lipinski definition) is 0. The van der Waals surface area contributed by atoms with Gasteiger partial charge in [-0.15, -0.1) is 0 Å². The molecule has 1 aromatic carbocycles. The molecule has 7 nitrogen and oxygen atoms in total. The molecule has 0 aliphatic carbocycles. The number of amides is 2. The van der Waals surface area contributed by atoms with E-state index in [4.69, 9.17) is 9.47 Å². The third-order valence-corrected chi connectivity index (χ3v) is 5.30. The minimum Gasteiger partial charge on any atom is -0.468 e. The van der Waals surface area contributed by atoms with Crippen molar-refractivity contribution in [3.8, 4) is 0 Å². The zero-order valence-corrected chi connectivity index (χ0v) is 16.2. The number of benzene rings is 1. The molecule has 146 valence electrons. The average Bonchev–Trinajstić information content (AvgIpc) is 2.97. The summed E-state index contributed by atoms with van der Waals surface area (Å²) in [5, 5.41) is 0. The summed E-state index contributed by atoms with van der Waals surface area (Å²) in [6, 6.07) is 7.17. The number of carbonyl (C=O) groups is 3. The molecule has 27 heavy (non-hydrogen) atoms. The lowest BCUT2D eigenvalue weighted by atomic mass is 9.89. The highest BCUT2D eigenvalue weighted by atomic mass is 16.6. The lowest BCUT2D eigenvalue weighted by Crippen LogP contribution is -2.55. The van der Waals surface area contributed by atoms with Crippen LogP contribution in [0.3, 0.4) is 0 Å². The molecule has 2 saturated heterocycles. The molecule has 0 radical (unpaired) electrons. The number of piperazine rings is 1. The molecule has 7 heteroatoms. The third kappa shape index (κ3) is 3.50. The van der Waals surface area contributed by atoms with Gasteiger partial charge in [0.2, 0.25) is 5.91 Å². The number of aryl methyl sites for hydroxylation is 1. The molecule has 3 rings (SSSR count). The Balaban J connectivity index is 1.99. The predicted octanol–water partition coefficient (Wildman–Crippen LogP) is 2.29. The Labute approximate surface area is 159 Å². The molecular weight excluding hydrogens is 348 g/mol. The fourth-order valence-electron chi connectivity index (χ4n) is 4.08. The summed E-state index contributed by atoms with van der Waals surface area (Å²) < 4.78 is 10.3. The highest BCUT2D eigenvalue weighted by Gasteiger charge is 2.52. The summed E-state index contributed by atoms with van der Waals surface area (Å²) in [7, 11) is 1.29. The lowest BCUT2D eigenvalue weighted by Gasteiger charge is -2.44. The Bertz CT molecular complexity index is 748. The van der Waals surface area contributed by atoms with E-state index >= 15 is 0 Å². The zero-order chi connectivity index (χ0) is 19.7. The molecule has 0 saturated carbocycles. The van der Waals surface area contributed by atoms with Crippen LogP contribution in [0.1, 0.15) is 37.4 Å². The maximum Gasteiger partial charge on any atom is 0.410 e. The topological polar surface area (TPSA) is 76.2 Å². The Morgan fingerprint density at radius 1 is 1.19 bits per heavy atom. The smallest absolute Gasteiger partial charge is 0.410 e. The van der Waals surface area contributed by atoms with Crippen molar-refractivity contribution in [2.75, 3.05) is 20.2 Å². The zero-order valence-electron chi connectivity index (χ0n) is 16.2. The average molecular weight is 374 g/mol. The number of nitrogens with zero attached hydrogens (tertiary/aromatic N) is 2. The first-order chi connectivity index (χ1) is 12.8. The second-order valence-electron chi connectivity index (χ2n) is 7.34. The van der Waals surface area contributed by atoms with Crippen LogP contribution in [-0.4, -0.2) is 60.1 Å². The van der Waals surface area contributed by atoms with Gasteiger partial charge in [-0.3, -0.25) is 14.5 Å². The minimum absolute atomic E-state index is 0.220. The van der Waals surface area contributed by atoms with Crippen molar-refractivity contribution in [3.63, 3.8) is 0 Å². The van der Waals surface area contributed by atoms with Gasteiger partial charge in [-0.1, -0.05) is 24.3 Å². The quantitative estimate of drug-likeness (QED) is 0.599. The fraction of sp³-hybridized carbons (Fsp3) is 0.550. The van der Waals surface area contributed by atoms with Crippen LogP contribution in [0.4, 0.5) is 4.79 Å². The van der Waals surface area contributed by atoms with Crippen molar-refractivity contribution in [1.82, 2.24) is 9.80 Å². The van der Waals surface area contributed by atoms with Crippen molar-refractivity contribution < 1.29 is 23.9 Å². The van der Waals surface area contributed by atoms with Crippen LogP contribution < -0.4 is 0 Å². The van der Waals surface area contributed by atoms with Gasteiger partial charge < -0.3 is 14.4 Å². The maximum absolute atomic E-state index is 12.8. The third-order valence-electron chi connectivity index (χ3n) is 5.30. The van der Waals surface area contributed by atoms with Gasteiger partial charge in [0.05, 0.1) is 25.3 Å². The number of carbonyl (C=O) groups excluding carboxylic acids is 3. The number of rotatable bonds is 3. The van der Waals surface area contributed by atoms with E-state index in [1.807, 2.05) is 45.0 Å². The molecule has 0 aromatic heterocycles. The molecule has 3 unspecified atom stereocenters. The van der Waals surface area contributed by atoms with Gasteiger partial charge in [0, 0.05) is 13.1 Å². The van der Waals surface area contributed by atoms with Crippen LogP contribution in [0.2, 0.25) is 0 Å². The Morgan fingerprint density at radius 3 is 2.52 bits per heavy atom. The van der Waals surface area contributed by atoms with E-state index < -0.39 is 18.0 Å². The second kappa shape index (κ2) is 7.58. The van der Waals surface area contributed by atoms with Crippen molar-refractivity contribution in [3.05, 3.63) is 35.4 Å². The first kappa shape index (κ1) is 19.2. The number of esters is 1. The van der Waals surface area contributed by atoms with Gasteiger partial charge >= 0.3 is 12.1 Å². The summed E-state index contributed by atoms with van der Waals surface area (Å²) in [4.78, 5) is 41.0. The summed E-state index contributed by atoms with van der Waals surface area (Å²) in [5.74, 6) is -1.55. The molecule has 3 atom stereocenters. The minimum atomic E-state index is -0.812. The van der Waals surface area contributed by atoms with Crippen molar-refractivity contribution >= 4 is 18.0 Å². The molecule has 0 N–H and O–H groups in total. The molecule has 0 spiro atoms. The first-order valence-corrected chi connectivity index (χ1v) is 9.26. The standard InChI is InChI=1S/C20H26N2O5/c1-12(2)27-20(25)22-10-9-21-16(11-15(18(21)23)19(24)26-4)17(22)14-8-6-5-7-13(14)3/h5-8,12,15-17H,9-11H2,1-4H3. The molecule has 2 fully saturated rings. The molecule has 2 aliphatic heterocycles. The first-order valence-electron chi connectivity index (χ1n) is 9.26. The lowest BCUT2D eigenvalue weighted by molar-refractivity contribution is -0.150. The summed E-state index contributed by atoms with van der Waals surface area (Å²) in [6.45, 7) is 6.34. The Kier molecular flexibility index (Phi) is 5.39. The SMILES string of the molecule is COC(=O)C1CC2C(c3ccccc3C)N(C(=O)OC(C)C)CCN2C1=O. The fourth-order valence-corrected chi connectivity index (χ4v) is 4.08. The molecule has 2 amide bonds. The largest absolute Gasteiger partial charge is 0.468 e. The molecular formula is C20H26N2O5. The summed E-state index contributed by atoms with van der Waals surface area (Å²) >= 11 is 0. The molecule has 2 heterocycles. The van der Waals surface area contributed by atoms with E-state index in [1.54, 1.807) is 9.80 Å². The highest BCUT2D eigenvalue weighted by Crippen LogP contribution is 2.41. The molecule has 1 aromatic rings. The maximum atomic E-state index is 12.8. The van der Waals surface area contributed by atoms with Crippen LogP contribution in [0.5, 0.6) is 0 Å². The van der Waals surface area contributed by atoms with Crippen LogP contribution in [0.25, 0.3) is 0 Å². The summed E-state index contributed by atoms with van der Waals surface area (Å²) in [6.07, 6.45) is -0.302. The van der Waals surface area contributed by atoms with Gasteiger partial charge in [0.15, 0.2) is 0 Å². The number of fused-ring (bicyclic) bond motifs is 1. The normalized spacial score (nSPS) is 24.8. The van der Waals surface area contributed by atoms with E-state index in [-0.39, 0.29) is 24.1 Å². The van der Waals surface area contributed by atoms with Crippen LogP contribution in [-0.2, 0) is 19.1 Å². The van der Waals surface area contributed by atoms with E-state index in [0.717, 1.165) is 11.1 Å². The van der Waals surface area contributed by atoms with E-state index in [9.17, 15) is 14.4 Å². The van der Waals surface area contributed by atoms with E-state index in [0.29, 0.717) is 19.5 Å². The number of methoxy groups -OCH3 is 1. The van der Waals surface area contributed by atoms with E-state index in [1.165, 1.54) is 7.11 Å². The summed E-state index contributed by atoms with van der Waals surface area (Å²) in [5.41, 5.74) is 1.99. The highest BCUT2D eigenvalue weighted by molar-refractivity contribution is 5.99. The van der Waals surface area contributed by atoms with Crippen LogP contribution in [0.15, 0.2) is 24.3 Å². The van der Waals surface area contributed by atoms with Gasteiger partial charge in [0.25, 0.3) is 0 Å².